The number of amides is 2. The fourth-order valence-corrected chi connectivity index (χ4v) is 3.32. The SMILES string of the molecule is NC(=O)Nc1ccc(-c2ccc(C(F)(F)F)cc2)c(-c2ccccc2)c1-c1nn[nH]n1. The Labute approximate surface area is 174 Å². The lowest BCUT2D eigenvalue weighted by molar-refractivity contribution is -0.137. The molecule has 2 amide bonds. The Morgan fingerprint density at radius 3 is 2.19 bits per heavy atom. The first kappa shape index (κ1) is 20.1. The summed E-state index contributed by atoms with van der Waals surface area (Å²) in [5.41, 5.74) is 7.85. The highest BCUT2D eigenvalue weighted by atomic mass is 19.4. The molecule has 0 aliphatic rings. The van der Waals surface area contributed by atoms with Gasteiger partial charge < -0.3 is 11.1 Å². The van der Waals surface area contributed by atoms with E-state index in [1.165, 1.54) is 12.1 Å². The van der Waals surface area contributed by atoms with Crippen LogP contribution in [-0.4, -0.2) is 26.7 Å². The Hall–Kier alpha value is -4.21. The van der Waals surface area contributed by atoms with Crippen LogP contribution in [0.2, 0.25) is 0 Å². The van der Waals surface area contributed by atoms with Gasteiger partial charge >= 0.3 is 12.2 Å². The zero-order valence-electron chi connectivity index (χ0n) is 15.8. The Morgan fingerprint density at radius 1 is 0.903 bits per heavy atom. The number of hydrogen-bond donors (Lipinski definition) is 3. The van der Waals surface area contributed by atoms with Gasteiger partial charge in [-0.15, -0.1) is 10.2 Å². The number of rotatable bonds is 4. The highest BCUT2D eigenvalue weighted by Gasteiger charge is 2.30. The number of primary amides is 1. The molecule has 4 N–H and O–H groups in total. The zero-order valence-corrected chi connectivity index (χ0v) is 15.8. The maximum atomic E-state index is 13.0. The van der Waals surface area contributed by atoms with Crippen LogP contribution in [0.15, 0.2) is 66.7 Å². The van der Waals surface area contributed by atoms with Gasteiger partial charge in [0, 0.05) is 5.56 Å². The minimum absolute atomic E-state index is 0.191. The average molecular weight is 424 g/mol. The van der Waals surface area contributed by atoms with Crippen molar-refractivity contribution < 1.29 is 18.0 Å². The number of nitrogens with zero attached hydrogens (tertiary/aromatic N) is 3. The lowest BCUT2D eigenvalue weighted by Gasteiger charge is -2.18. The number of nitrogens with two attached hydrogens (primary N) is 1. The van der Waals surface area contributed by atoms with Crippen molar-refractivity contribution >= 4 is 11.7 Å². The molecular formula is C21H15F3N6O. The third kappa shape index (κ3) is 4.08. The molecule has 156 valence electrons. The lowest BCUT2D eigenvalue weighted by Crippen LogP contribution is -2.20. The molecule has 3 aromatic carbocycles. The predicted molar refractivity (Wildman–Crippen MR) is 109 cm³/mol. The number of hydrogen-bond acceptors (Lipinski definition) is 4. The molecule has 0 saturated heterocycles. The van der Waals surface area contributed by atoms with Crippen LogP contribution in [0.5, 0.6) is 0 Å². The minimum Gasteiger partial charge on any atom is -0.351 e. The van der Waals surface area contributed by atoms with Crippen molar-refractivity contribution in [3.05, 3.63) is 72.3 Å². The van der Waals surface area contributed by atoms with Gasteiger partial charge in [-0.3, -0.25) is 0 Å². The summed E-state index contributed by atoms with van der Waals surface area (Å²) in [5.74, 6) is 0.191. The maximum absolute atomic E-state index is 13.0. The zero-order chi connectivity index (χ0) is 22.0. The third-order valence-corrected chi connectivity index (χ3v) is 4.62. The van der Waals surface area contributed by atoms with E-state index in [-0.39, 0.29) is 5.82 Å². The number of carbonyl (C=O) groups is 1. The van der Waals surface area contributed by atoms with Crippen molar-refractivity contribution in [3.8, 4) is 33.6 Å². The van der Waals surface area contributed by atoms with E-state index in [2.05, 4.69) is 25.9 Å². The van der Waals surface area contributed by atoms with E-state index < -0.39 is 17.8 Å². The monoisotopic (exact) mass is 424 g/mol. The number of anilines is 1. The normalized spacial score (nSPS) is 11.3. The fourth-order valence-electron chi connectivity index (χ4n) is 3.32. The van der Waals surface area contributed by atoms with Gasteiger partial charge in [0.15, 0.2) is 0 Å². The third-order valence-electron chi connectivity index (χ3n) is 4.62. The number of aromatic nitrogens is 4. The highest BCUT2D eigenvalue weighted by molar-refractivity contribution is 6.02. The molecule has 4 aromatic rings. The van der Waals surface area contributed by atoms with Gasteiger partial charge in [0.2, 0.25) is 5.82 Å². The Morgan fingerprint density at radius 2 is 1.61 bits per heavy atom. The first-order valence-corrected chi connectivity index (χ1v) is 9.05. The van der Waals surface area contributed by atoms with E-state index in [9.17, 15) is 18.0 Å². The number of nitrogens with one attached hydrogen (secondary N) is 2. The summed E-state index contributed by atoms with van der Waals surface area (Å²) in [5, 5.41) is 16.6. The van der Waals surface area contributed by atoms with Crippen LogP contribution < -0.4 is 11.1 Å². The van der Waals surface area contributed by atoms with Crippen LogP contribution in [-0.2, 0) is 6.18 Å². The molecule has 7 nitrogen and oxygen atoms in total. The van der Waals surface area contributed by atoms with Crippen molar-refractivity contribution in [1.29, 1.82) is 0 Å². The molecule has 0 spiro atoms. The van der Waals surface area contributed by atoms with Gasteiger partial charge in [0.05, 0.1) is 16.8 Å². The molecule has 0 aliphatic carbocycles. The summed E-state index contributed by atoms with van der Waals surface area (Å²) < 4.78 is 39.0. The summed E-state index contributed by atoms with van der Waals surface area (Å²) in [7, 11) is 0. The van der Waals surface area contributed by atoms with Crippen molar-refractivity contribution in [2.75, 3.05) is 5.32 Å². The second-order valence-electron chi connectivity index (χ2n) is 6.58. The van der Waals surface area contributed by atoms with Crippen molar-refractivity contribution in [2.24, 2.45) is 5.73 Å². The molecule has 0 radical (unpaired) electrons. The fraction of sp³-hybridized carbons (Fsp3) is 0.0476. The van der Waals surface area contributed by atoms with Crippen LogP contribution in [0.4, 0.5) is 23.7 Å². The molecule has 0 aliphatic heterocycles. The first-order chi connectivity index (χ1) is 14.8. The van der Waals surface area contributed by atoms with Gasteiger partial charge in [0.25, 0.3) is 0 Å². The number of tetrazole rings is 1. The number of halogens is 3. The number of aromatic amines is 1. The Kier molecular flexibility index (Phi) is 5.12. The largest absolute Gasteiger partial charge is 0.416 e. The van der Waals surface area contributed by atoms with E-state index in [0.717, 1.165) is 17.7 Å². The molecule has 0 unspecified atom stereocenters. The molecule has 0 fully saturated rings. The van der Waals surface area contributed by atoms with Crippen molar-refractivity contribution in [2.45, 2.75) is 6.18 Å². The smallest absolute Gasteiger partial charge is 0.351 e. The molecule has 1 heterocycles. The summed E-state index contributed by atoms with van der Waals surface area (Å²) in [4.78, 5) is 11.6. The van der Waals surface area contributed by atoms with E-state index in [4.69, 9.17) is 5.73 Å². The van der Waals surface area contributed by atoms with Gasteiger partial charge in [-0.1, -0.05) is 48.5 Å². The summed E-state index contributed by atoms with van der Waals surface area (Å²) in [6.07, 6.45) is -4.44. The number of H-pyrrole nitrogens is 1. The quantitative estimate of drug-likeness (QED) is 0.441. The minimum atomic E-state index is -4.44. The number of urea groups is 1. The standard InChI is InChI=1S/C21H15F3N6O/c22-21(23,24)14-8-6-12(7-9-14)15-10-11-16(26-20(25)31)18(19-27-29-30-28-19)17(15)13-4-2-1-3-5-13/h1-11H,(H3,25,26,31)(H,27,28,29,30). The van der Waals surface area contributed by atoms with E-state index in [0.29, 0.717) is 27.9 Å². The van der Waals surface area contributed by atoms with Crippen LogP contribution in [0.25, 0.3) is 33.6 Å². The molecule has 31 heavy (non-hydrogen) atoms. The molecule has 1 aromatic heterocycles. The average Bonchev–Trinajstić information content (AvgIpc) is 3.27. The molecule has 0 bridgehead atoms. The second kappa shape index (κ2) is 7.90. The Balaban J connectivity index is 2.00. The molecule has 4 rings (SSSR count). The summed E-state index contributed by atoms with van der Waals surface area (Å²) in [6, 6.07) is 16.5. The van der Waals surface area contributed by atoms with Crippen molar-refractivity contribution in [1.82, 2.24) is 20.6 Å². The van der Waals surface area contributed by atoms with Gasteiger partial charge in [-0.25, -0.2) is 4.79 Å². The second-order valence-corrected chi connectivity index (χ2v) is 6.58. The van der Waals surface area contributed by atoms with Crippen LogP contribution in [0, 0.1) is 0 Å². The van der Waals surface area contributed by atoms with E-state index in [1.54, 1.807) is 12.1 Å². The maximum Gasteiger partial charge on any atom is 0.416 e. The molecule has 0 saturated carbocycles. The van der Waals surface area contributed by atoms with E-state index in [1.807, 2.05) is 30.3 Å². The van der Waals surface area contributed by atoms with Gasteiger partial charge in [-0.05, 0) is 40.1 Å². The summed E-state index contributed by atoms with van der Waals surface area (Å²) in [6.45, 7) is 0. The number of carbonyl (C=O) groups excluding carboxylic acids is 1. The number of alkyl halides is 3. The van der Waals surface area contributed by atoms with Gasteiger partial charge in [-0.2, -0.15) is 18.4 Å². The number of benzene rings is 3. The highest BCUT2D eigenvalue weighted by Crippen LogP contribution is 2.43. The van der Waals surface area contributed by atoms with Gasteiger partial charge in [0.1, 0.15) is 0 Å². The first-order valence-electron chi connectivity index (χ1n) is 9.05. The van der Waals surface area contributed by atoms with Crippen LogP contribution in [0.3, 0.4) is 0 Å². The van der Waals surface area contributed by atoms with Crippen LogP contribution in [0.1, 0.15) is 5.56 Å². The lowest BCUT2D eigenvalue weighted by atomic mass is 9.88. The molecule has 0 atom stereocenters. The summed E-state index contributed by atoms with van der Waals surface area (Å²) >= 11 is 0. The van der Waals surface area contributed by atoms with Crippen LogP contribution >= 0.6 is 0 Å². The van der Waals surface area contributed by atoms with Crippen molar-refractivity contribution in [3.63, 3.8) is 0 Å². The van der Waals surface area contributed by atoms with E-state index >= 15 is 0 Å². The molecular weight excluding hydrogens is 409 g/mol. The molecule has 10 heteroatoms. The predicted octanol–water partition coefficient (Wildman–Crippen LogP) is 4.71. The Bertz CT molecular complexity index is 1210. The topological polar surface area (TPSA) is 110 Å².